The van der Waals surface area contributed by atoms with Gasteiger partial charge in [0.15, 0.2) is 5.69 Å². The number of tetrazole rings is 1. The van der Waals surface area contributed by atoms with Crippen LogP contribution in [0, 0.1) is 12.8 Å². The van der Waals surface area contributed by atoms with Crippen LogP contribution in [0.1, 0.15) is 29.1 Å². The van der Waals surface area contributed by atoms with Gasteiger partial charge in [-0.2, -0.15) is 0 Å². The molecule has 0 aliphatic carbocycles. The lowest BCUT2D eigenvalue weighted by atomic mass is 9.96. The van der Waals surface area contributed by atoms with Crippen molar-refractivity contribution in [2.75, 3.05) is 18.4 Å². The molecule has 0 spiro atoms. The third-order valence-electron chi connectivity index (χ3n) is 4.65. The minimum absolute atomic E-state index is 0.123. The van der Waals surface area contributed by atoms with Gasteiger partial charge in [0.2, 0.25) is 5.91 Å². The second kappa shape index (κ2) is 7.59. The minimum atomic E-state index is -0.289. The number of amides is 2. The van der Waals surface area contributed by atoms with Crippen LogP contribution in [-0.2, 0) is 4.79 Å². The summed E-state index contributed by atoms with van der Waals surface area (Å²) in [5.74, 6) is -0.0442. The van der Waals surface area contributed by atoms with E-state index in [1.807, 2.05) is 12.1 Å². The number of carbonyl (C=O) groups is 2. The molecule has 0 saturated carbocycles. The van der Waals surface area contributed by atoms with Gasteiger partial charge < -0.3 is 14.7 Å². The van der Waals surface area contributed by atoms with Crippen molar-refractivity contribution in [2.24, 2.45) is 5.92 Å². The monoisotopic (exact) mass is 381 g/mol. The number of anilines is 1. The van der Waals surface area contributed by atoms with E-state index in [4.69, 9.17) is 4.52 Å². The number of piperidine rings is 1. The summed E-state index contributed by atoms with van der Waals surface area (Å²) in [7, 11) is 0. The van der Waals surface area contributed by atoms with Crippen molar-refractivity contribution < 1.29 is 14.1 Å². The average molecular weight is 381 g/mol. The molecule has 1 aliphatic rings. The lowest BCUT2D eigenvalue weighted by molar-refractivity contribution is -0.121. The van der Waals surface area contributed by atoms with Gasteiger partial charge in [0.1, 0.15) is 12.1 Å². The summed E-state index contributed by atoms with van der Waals surface area (Å²) in [5, 5.41) is 17.8. The fraction of sp³-hybridized carbons (Fsp3) is 0.333. The topological polar surface area (TPSA) is 119 Å². The Morgan fingerprint density at radius 3 is 2.93 bits per heavy atom. The van der Waals surface area contributed by atoms with Crippen LogP contribution in [0.2, 0.25) is 0 Å². The van der Waals surface area contributed by atoms with Crippen LogP contribution in [0.5, 0.6) is 0 Å². The molecule has 1 atom stereocenters. The van der Waals surface area contributed by atoms with E-state index in [-0.39, 0.29) is 23.4 Å². The van der Waals surface area contributed by atoms with Crippen LogP contribution in [0.25, 0.3) is 5.69 Å². The van der Waals surface area contributed by atoms with Crippen molar-refractivity contribution in [3.8, 4) is 5.69 Å². The fourth-order valence-electron chi connectivity index (χ4n) is 3.25. The van der Waals surface area contributed by atoms with Gasteiger partial charge in [0.25, 0.3) is 5.91 Å². The third-order valence-corrected chi connectivity index (χ3v) is 4.65. The zero-order valence-electron chi connectivity index (χ0n) is 15.3. The van der Waals surface area contributed by atoms with Crippen molar-refractivity contribution in [3.63, 3.8) is 0 Å². The van der Waals surface area contributed by atoms with Gasteiger partial charge in [-0.05, 0) is 48.4 Å². The van der Waals surface area contributed by atoms with Gasteiger partial charge in [-0.15, -0.1) is 5.10 Å². The molecule has 3 heterocycles. The first kappa shape index (κ1) is 17.8. The smallest absolute Gasteiger partial charge is 0.276 e. The van der Waals surface area contributed by atoms with E-state index in [1.54, 1.807) is 30.0 Å². The third kappa shape index (κ3) is 3.75. The van der Waals surface area contributed by atoms with E-state index in [1.165, 1.54) is 11.0 Å². The molecule has 2 amide bonds. The van der Waals surface area contributed by atoms with Crippen LogP contribution in [-0.4, -0.2) is 55.2 Å². The molecule has 1 aliphatic heterocycles. The number of aromatic nitrogens is 5. The summed E-state index contributed by atoms with van der Waals surface area (Å²) in [6.07, 6.45) is 2.96. The Morgan fingerprint density at radius 2 is 2.18 bits per heavy atom. The lowest BCUT2D eigenvalue weighted by Crippen LogP contribution is -2.43. The predicted octanol–water partition coefficient (Wildman–Crippen LogP) is 1.45. The largest absolute Gasteiger partial charge is 0.361 e. The standard InChI is InChI=1S/C18H19N7O3/c1-12-8-16(21-28-12)18(27)24-7-3-4-13(10-24)17(26)20-14-5-2-6-15(9-14)25-11-19-22-23-25/h2,5-6,8-9,11,13H,3-4,7,10H2,1H3,(H,20,26)/t13-/m1/s1. The molecule has 2 aromatic heterocycles. The summed E-state index contributed by atoms with van der Waals surface area (Å²) >= 11 is 0. The Kier molecular flexibility index (Phi) is 4.83. The van der Waals surface area contributed by atoms with Crippen LogP contribution in [0.4, 0.5) is 5.69 Å². The summed E-state index contributed by atoms with van der Waals surface area (Å²) in [6, 6.07) is 8.85. The highest BCUT2D eigenvalue weighted by Crippen LogP contribution is 2.21. The Balaban J connectivity index is 1.42. The molecular weight excluding hydrogens is 362 g/mol. The number of nitrogens with one attached hydrogen (secondary N) is 1. The maximum Gasteiger partial charge on any atom is 0.276 e. The Bertz CT molecular complexity index is 983. The van der Waals surface area contributed by atoms with Crippen LogP contribution < -0.4 is 5.32 Å². The van der Waals surface area contributed by atoms with E-state index in [0.717, 1.165) is 18.5 Å². The first-order chi connectivity index (χ1) is 13.6. The molecule has 1 N–H and O–H groups in total. The van der Waals surface area contributed by atoms with Gasteiger partial charge in [-0.3, -0.25) is 9.59 Å². The van der Waals surface area contributed by atoms with Crippen molar-refractivity contribution in [1.82, 2.24) is 30.3 Å². The lowest BCUT2D eigenvalue weighted by Gasteiger charge is -2.31. The van der Waals surface area contributed by atoms with Crippen molar-refractivity contribution >= 4 is 17.5 Å². The van der Waals surface area contributed by atoms with Crippen molar-refractivity contribution in [2.45, 2.75) is 19.8 Å². The van der Waals surface area contributed by atoms with Crippen molar-refractivity contribution in [1.29, 1.82) is 0 Å². The van der Waals surface area contributed by atoms with Gasteiger partial charge in [0, 0.05) is 24.8 Å². The fourth-order valence-corrected chi connectivity index (χ4v) is 3.25. The average Bonchev–Trinajstić information content (AvgIpc) is 3.40. The quantitative estimate of drug-likeness (QED) is 0.726. The molecule has 0 radical (unpaired) electrons. The summed E-state index contributed by atoms with van der Waals surface area (Å²) < 4.78 is 6.49. The number of nitrogens with zero attached hydrogens (tertiary/aromatic N) is 6. The minimum Gasteiger partial charge on any atom is -0.361 e. The van der Waals surface area contributed by atoms with Crippen molar-refractivity contribution in [3.05, 3.63) is 48.1 Å². The molecular formula is C18H19N7O3. The summed E-state index contributed by atoms with van der Waals surface area (Å²) in [6.45, 7) is 2.69. The Hall–Kier alpha value is -3.56. The molecule has 0 bridgehead atoms. The first-order valence-electron chi connectivity index (χ1n) is 8.97. The number of hydrogen-bond donors (Lipinski definition) is 1. The molecule has 1 fully saturated rings. The molecule has 1 aromatic carbocycles. The number of benzene rings is 1. The molecule has 3 aromatic rings. The summed E-state index contributed by atoms with van der Waals surface area (Å²) in [4.78, 5) is 27.0. The molecule has 0 unspecified atom stereocenters. The van der Waals surface area contributed by atoms with E-state index >= 15 is 0 Å². The van der Waals surface area contributed by atoms with E-state index in [0.29, 0.717) is 24.5 Å². The second-order valence-electron chi connectivity index (χ2n) is 6.71. The highest BCUT2D eigenvalue weighted by Gasteiger charge is 2.30. The molecule has 144 valence electrons. The highest BCUT2D eigenvalue weighted by atomic mass is 16.5. The van der Waals surface area contributed by atoms with E-state index in [2.05, 4.69) is 26.0 Å². The molecule has 28 heavy (non-hydrogen) atoms. The molecule has 4 rings (SSSR count). The van der Waals surface area contributed by atoms with E-state index in [9.17, 15) is 9.59 Å². The van der Waals surface area contributed by atoms with Crippen LogP contribution in [0.3, 0.4) is 0 Å². The molecule has 10 nitrogen and oxygen atoms in total. The van der Waals surface area contributed by atoms with Gasteiger partial charge in [0.05, 0.1) is 11.6 Å². The van der Waals surface area contributed by atoms with Gasteiger partial charge >= 0.3 is 0 Å². The zero-order chi connectivity index (χ0) is 19.5. The number of aryl methyl sites for hydroxylation is 1. The first-order valence-corrected chi connectivity index (χ1v) is 8.97. The second-order valence-corrected chi connectivity index (χ2v) is 6.71. The normalized spacial score (nSPS) is 16.8. The van der Waals surface area contributed by atoms with Gasteiger partial charge in [-0.25, -0.2) is 4.68 Å². The highest BCUT2D eigenvalue weighted by molar-refractivity contribution is 5.95. The Labute approximate surface area is 160 Å². The van der Waals surface area contributed by atoms with E-state index < -0.39 is 0 Å². The maximum absolute atomic E-state index is 12.7. The number of likely N-dealkylation sites (tertiary alicyclic amines) is 1. The zero-order valence-corrected chi connectivity index (χ0v) is 15.3. The maximum atomic E-state index is 12.7. The molecule has 1 saturated heterocycles. The molecule has 10 heteroatoms. The van der Waals surface area contributed by atoms with Crippen LogP contribution in [0.15, 0.2) is 41.2 Å². The number of rotatable bonds is 4. The SMILES string of the molecule is Cc1cc(C(=O)N2CCC[C@@H](C(=O)Nc3cccc(-n4cnnn4)c3)C2)no1. The number of hydrogen-bond acceptors (Lipinski definition) is 7. The predicted molar refractivity (Wildman–Crippen MR) is 97.7 cm³/mol. The Morgan fingerprint density at radius 1 is 1.29 bits per heavy atom. The number of carbonyl (C=O) groups excluding carboxylic acids is 2. The summed E-state index contributed by atoms with van der Waals surface area (Å²) in [5.41, 5.74) is 1.66. The van der Waals surface area contributed by atoms with Gasteiger partial charge in [-0.1, -0.05) is 11.2 Å². The van der Waals surface area contributed by atoms with Crippen LogP contribution >= 0.6 is 0 Å².